The van der Waals surface area contributed by atoms with Crippen molar-refractivity contribution in [2.75, 3.05) is 0 Å². The molecule has 8 nitrogen and oxygen atoms in total. The average Bonchev–Trinajstić information content (AvgIpc) is 2.03. The standard InChI is InChI=1S/C4H8N2O3.C3H7NO2/c5-2(4(8)9)1-3(6)7;1-2(4)3(5)6/h2H,1,5H2,(H2,6,7)(H,8,9);2H,4H2,1H3,(H,5,6). The maximum Gasteiger partial charge on any atom is 0.321 e. The second kappa shape index (κ2) is 7.71. The normalized spacial score (nSPS) is 13.0. The summed E-state index contributed by atoms with van der Waals surface area (Å²) in [5.74, 6) is -2.88. The maximum atomic E-state index is 9.99. The van der Waals surface area contributed by atoms with Crippen LogP contribution >= 0.6 is 0 Å². The third-order valence-corrected chi connectivity index (χ3v) is 1.13. The number of primary amides is 1. The number of carbonyl (C=O) groups excluding carboxylic acids is 1. The number of rotatable bonds is 4. The van der Waals surface area contributed by atoms with Gasteiger partial charge in [-0.1, -0.05) is 0 Å². The van der Waals surface area contributed by atoms with E-state index in [4.69, 9.17) is 21.7 Å². The quantitative estimate of drug-likeness (QED) is 0.355. The average molecular weight is 221 g/mol. The summed E-state index contributed by atoms with van der Waals surface area (Å²) in [7, 11) is 0. The molecule has 0 spiro atoms. The molecular weight excluding hydrogens is 206 g/mol. The molecule has 0 aromatic heterocycles. The minimum Gasteiger partial charge on any atom is -0.480 e. The minimum atomic E-state index is -1.21. The van der Waals surface area contributed by atoms with Gasteiger partial charge >= 0.3 is 11.9 Å². The minimum absolute atomic E-state index is 0.310. The summed E-state index contributed by atoms with van der Waals surface area (Å²) < 4.78 is 0. The van der Waals surface area contributed by atoms with Gasteiger partial charge in [0.1, 0.15) is 12.1 Å². The second-order valence-electron chi connectivity index (χ2n) is 2.74. The Morgan fingerprint density at radius 3 is 1.53 bits per heavy atom. The lowest BCUT2D eigenvalue weighted by Gasteiger charge is -1.99. The van der Waals surface area contributed by atoms with Crippen molar-refractivity contribution in [3.63, 3.8) is 0 Å². The third kappa shape index (κ3) is 12.3. The predicted molar refractivity (Wildman–Crippen MR) is 50.7 cm³/mol. The van der Waals surface area contributed by atoms with E-state index in [0.29, 0.717) is 0 Å². The Bertz CT molecular complexity index is 241. The largest absolute Gasteiger partial charge is 0.480 e. The van der Waals surface area contributed by atoms with Crippen LogP contribution in [0.25, 0.3) is 0 Å². The highest BCUT2D eigenvalue weighted by molar-refractivity contribution is 5.83. The van der Waals surface area contributed by atoms with Gasteiger partial charge < -0.3 is 27.4 Å². The van der Waals surface area contributed by atoms with Crippen LogP contribution in [0, 0.1) is 0 Å². The number of aliphatic carboxylic acids is 2. The van der Waals surface area contributed by atoms with Gasteiger partial charge in [-0.3, -0.25) is 14.4 Å². The Balaban J connectivity index is 0. The lowest BCUT2D eigenvalue weighted by atomic mass is 10.2. The molecule has 88 valence electrons. The molecule has 0 aliphatic heterocycles. The maximum absolute atomic E-state index is 9.99. The number of carboxylic acid groups (broad SMARTS) is 2. The lowest BCUT2D eigenvalue weighted by molar-refractivity contribution is -0.140. The Kier molecular flexibility index (Phi) is 8.11. The summed E-state index contributed by atoms with van der Waals surface area (Å²) in [5.41, 5.74) is 14.4. The highest BCUT2D eigenvalue weighted by atomic mass is 16.4. The number of amides is 1. The van der Waals surface area contributed by atoms with E-state index < -0.39 is 29.9 Å². The molecule has 0 aliphatic rings. The van der Waals surface area contributed by atoms with Crippen molar-refractivity contribution in [1.82, 2.24) is 0 Å². The van der Waals surface area contributed by atoms with Crippen molar-refractivity contribution < 1.29 is 24.6 Å². The highest BCUT2D eigenvalue weighted by Crippen LogP contribution is 1.84. The van der Waals surface area contributed by atoms with Crippen molar-refractivity contribution in [2.45, 2.75) is 25.4 Å². The zero-order chi connectivity index (χ0) is 12.6. The zero-order valence-electron chi connectivity index (χ0n) is 8.21. The van der Waals surface area contributed by atoms with Crippen LogP contribution in [0.5, 0.6) is 0 Å². The summed E-state index contributed by atoms with van der Waals surface area (Å²) in [5, 5.41) is 16.0. The van der Waals surface area contributed by atoms with Gasteiger partial charge in [-0.2, -0.15) is 0 Å². The molecule has 0 radical (unpaired) electrons. The van der Waals surface area contributed by atoms with Crippen molar-refractivity contribution in [2.24, 2.45) is 17.2 Å². The molecule has 0 aromatic carbocycles. The van der Waals surface area contributed by atoms with E-state index in [2.05, 4.69) is 5.73 Å². The molecule has 0 rings (SSSR count). The van der Waals surface area contributed by atoms with E-state index in [-0.39, 0.29) is 6.42 Å². The summed E-state index contributed by atoms with van der Waals surface area (Å²) in [4.78, 5) is 29.5. The van der Waals surface area contributed by atoms with Gasteiger partial charge in [0.25, 0.3) is 0 Å². The van der Waals surface area contributed by atoms with Gasteiger partial charge in [0.2, 0.25) is 5.91 Å². The number of hydrogen-bond donors (Lipinski definition) is 5. The molecule has 1 amide bonds. The first-order valence-electron chi connectivity index (χ1n) is 3.93. The molecule has 0 fully saturated rings. The van der Waals surface area contributed by atoms with E-state index in [1.807, 2.05) is 0 Å². The first-order valence-corrected chi connectivity index (χ1v) is 3.93. The molecule has 0 aliphatic carbocycles. The first-order chi connectivity index (χ1) is 6.68. The van der Waals surface area contributed by atoms with E-state index in [1.165, 1.54) is 6.92 Å². The van der Waals surface area contributed by atoms with Gasteiger partial charge in [-0.25, -0.2) is 0 Å². The number of hydrogen-bond acceptors (Lipinski definition) is 5. The molecule has 0 bridgehead atoms. The highest BCUT2D eigenvalue weighted by Gasteiger charge is 2.13. The summed E-state index contributed by atoms with van der Waals surface area (Å²) >= 11 is 0. The number of carbonyl (C=O) groups is 3. The monoisotopic (exact) mass is 221 g/mol. The van der Waals surface area contributed by atoms with E-state index in [0.717, 1.165) is 0 Å². The van der Waals surface area contributed by atoms with Gasteiger partial charge in [0.05, 0.1) is 6.42 Å². The Morgan fingerprint density at radius 2 is 1.47 bits per heavy atom. The van der Waals surface area contributed by atoms with Crippen molar-refractivity contribution in [3.8, 4) is 0 Å². The van der Waals surface area contributed by atoms with Crippen LogP contribution in [0.3, 0.4) is 0 Å². The summed E-state index contributed by atoms with van der Waals surface area (Å²) in [6, 6.07) is -1.90. The molecule has 8 heteroatoms. The second-order valence-corrected chi connectivity index (χ2v) is 2.74. The molecule has 8 N–H and O–H groups in total. The van der Waals surface area contributed by atoms with Crippen LogP contribution in [0.1, 0.15) is 13.3 Å². The smallest absolute Gasteiger partial charge is 0.321 e. The Morgan fingerprint density at radius 1 is 1.13 bits per heavy atom. The van der Waals surface area contributed by atoms with E-state index in [1.54, 1.807) is 0 Å². The number of nitrogens with two attached hydrogens (primary N) is 3. The van der Waals surface area contributed by atoms with Crippen molar-refractivity contribution >= 4 is 17.8 Å². The topological polar surface area (TPSA) is 170 Å². The first kappa shape index (κ1) is 15.8. The Labute approximate surface area is 86.0 Å². The van der Waals surface area contributed by atoms with Gasteiger partial charge in [0, 0.05) is 0 Å². The van der Waals surface area contributed by atoms with Crippen molar-refractivity contribution in [1.29, 1.82) is 0 Å². The molecule has 2 unspecified atom stereocenters. The molecule has 0 aromatic rings. The van der Waals surface area contributed by atoms with Crippen molar-refractivity contribution in [3.05, 3.63) is 0 Å². The van der Waals surface area contributed by atoms with E-state index in [9.17, 15) is 14.4 Å². The van der Waals surface area contributed by atoms with Crippen LogP contribution in [0.4, 0.5) is 0 Å². The lowest BCUT2D eigenvalue weighted by Crippen LogP contribution is -2.34. The SMILES string of the molecule is CC(N)C(=O)O.NC(=O)CC(N)C(=O)O. The van der Waals surface area contributed by atoms with E-state index >= 15 is 0 Å². The van der Waals surface area contributed by atoms with Gasteiger partial charge in [0.15, 0.2) is 0 Å². The van der Waals surface area contributed by atoms with Gasteiger partial charge in [-0.15, -0.1) is 0 Å². The third-order valence-electron chi connectivity index (χ3n) is 1.13. The fourth-order valence-corrected chi connectivity index (χ4v) is 0.304. The Hall–Kier alpha value is -1.67. The molecular formula is C7H15N3O5. The van der Waals surface area contributed by atoms with Crippen LogP contribution < -0.4 is 17.2 Å². The molecule has 0 heterocycles. The molecule has 0 saturated heterocycles. The predicted octanol–water partition coefficient (Wildman–Crippen LogP) is -2.31. The summed E-state index contributed by atoms with van der Waals surface area (Å²) in [6.07, 6.45) is -0.310. The fraction of sp³-hybridized carbons (Fsp3) is 0.571. The van der Waals surface area contributed by atoms with Crippen LogP contribution in [0.15, 0.2) is 0 Å². The van der Waals surface area contributed by atoms with Crippen LogP contribution in [-0.2, 0) is 14.4 Å². The van der Waals surface area contributed by atoms with Gasteiger partial charge in [-0.05, 0) is 6.92 Å². The van der Waals surface area contributed by atoms with Crippen LogP contribution in [-0.4, -0.2) is 40.1 Å². The number of carboxylic acids is 2. The fourth-order valence-electron chi connectivity index (χ4n) is 0.304. The zero-order valence-corrected chi connectivity index (χ0v) is 8.21. The van der Waals surface area contributed by atoms with Crippen LogP contribution in [0.2, 0.25) is 0 Å². The molecule has 2 atom stereocenters. The summed E-state index contributed by atoms with van der Waals surface area (Å²) in [6.45, 7) is 1.42. The molecule has 0 saturated carbocycles. The molecule has 15 heavy (non-hydrogen) atoms.